The smallest absolute Gasteiger partial charge is 0.259 e. The lowest BCUT2D eigenvalue weighted by molar-refractivity contribution is 0.102. The molecule has 0 aliphatic rings. The number of benzene rings is 2. The molecule has 0 aliphatic heterocycles. The number of rotatable bonds is 2. The van der Waals surface area contributed by atoms with E-state index >= 15 is 0 Å². The van der Waals surface area contributed by atoms with Crippen molar-refractivity contribution < 1.29 is 18.7 Å². The minimum Gasteiger partial charge on any atom is -0.507 e. The predicted molar refractivity (Wildman–Crippen MR) is 75.1 cm³/mol. The van der Waals surface area contributed by atoms with E-state index in [2.05, 4.69) is 5.32 Å². The van der Waals surface area contributed by atoms with Crippen LogP contribution in [0.2, 0.25) is 0 Å². The van der Waals surface area contributed by atoms with Gasteiger partial charge in [-0.2, -0.15) is 0 Å². The van der Waals surface area contributed by atoms with Crippen LogP contribution < -0.4 is 5.32 Å². The Kier molecular flexibility index (Phi) is 3.98. The molecule has 0 heterocycles. The molecule has 0 spiro atoms. The second kappa shape index (κ2) is 5.52. The Morgan fingerprint density at radius 3 is 2.58 bits per heavy atom. The first-order chi connectivity index (χ1) is 8.97. The van der Waals surface area contributed by atoms with Crippen molar-refractivity contribution in [3.05, 3.63) is 57.2 Å². The van der Waals surface area contributed by atoms with E-state index in [1.165, 1.54) is 12.1 Å². The number of hydrogen-bond acceptors (Lipinski definition) is 2. The lowest BCUT2D eigenvalue weighted by Crippen LogP contribution is -2.13. The SMILES string of the molecule is O=C(Nc1ccc(I)cc1F)c1cc(F)ccc1O. The van der Waals surface area contributed by atoms with Crippen LogP contribution in [-0.4, -0.2) is 11.0 Å². The summed E-state index contributed by atoms with van der Waals surface area (Å²) in [5.74, 6) is -2.41. The van der Waals surface area contributed by atoms with Crippen LogP contribution in [0, 0.1) is 15.2 Å². The van der Waals surface area contributed by atoms with E-state index < -0.39 is 17.5 Å². The summed E-state index contributed by atoms with van der Waals surface area (Å²) in [5.41, 5.74) is -0.285. The van der Waals surface area contributed by atoms with Gasteiger partial charge in [-0.3, -0.25) is 4.79 Å². The van der Waals surface area contributed by atoms with Crippen molar-refractivity contribution in [2.45, 2.75) is 0 Å². The molecule has 0 aromatic heterocycles. The van der Waals surface area contributed by atoms with Crippen LogP contribution in [0.15, 0.2) is 36.4 Å². The first kappa shape index (κ1) is 13.7. The maximum absolute atomic E-state index is 13.6. The molecule has 3 nitrogen and oxygen atoms in total. The van der Waals surface area contributed by atoms with Crippen LogP contribution in [0.4, 0.5) is 14.5 Å². The highest BCUT2D eigenvalue weighted by Crippen LogP contribution is 2.21. The molecule has 0 unspecified atom stereocenters. The van der Waals surface area contributed by atoms with Gasteiger partial charge in [0, 0.05) is 3.57 Å². The molecule has 19 heavy (non-hydrogen) atoms. The zero-order valence-electron chi connectivity index (χ0n) is 9.45. The third-order valence-electron chi connectivity index (χ3n) is 2.38. The van der Waals surface area contributed by atoms with Crippen molar-refractivity contribution in [3.8, 4) is 5.75 Å². The number of carbonyl (C=O) groups excluding carboxylic acids is 1. The summed E-state index contributed by atoms with van der Waals surface area (Å²) in [6, 6.07) is 7.24. The maximum atomic E-state index is 13.6. The number of anilines is 1. The van der Waals surface area contributed by atoms with E-state index in [4.69, 9.17) is 0 Å². The van der Waals surface area contributed by atoms with E-state index in [-0.39, 0.29) is 17.0 Å². The molecule has 2 rings (SSSR count). The largest absolute Gasteiger partial charge is 0.507 e. The minimum absolute atomic E-state index is 0.0333. The normalized spacial score (nSPS) is 10.3. The highest BCUT2D eigenvalue weighted by molar-refractivity contribution is 14.1. The number of phenols is 1. The van der Waals surface area contributed by atoms with E-state index in [1.807, 2.05) is 22.6 Å². The lowest BCUT2D eigenvalue weighted by atomic mass is 10.1. The Bertz CT molecular complexity index is 647. The highest BCUT2D eigenvalue weighted by atomic mass is 127. The Balaban J connectivity index is 2.28. The van der Waals surface area contributed by atoms with Crippen molar-refractivity contribution in [2.75, 3.05) is 5.32 Å². The van der Waals surface area contributed by atoms with Gasteiger partial charge in [-0.25, -0.2) is 8.78 Å². The molecule has 0 aliphatic carbocycles. The van der Waals surface area contributed by atoms with E-state index in [9.17, 15) is 18.7 Å². The number of aromatic hydroxyl groups is 1. The lowest BCUT2D eigenvalue weighted by Gasteiger charge is -2.08. The minimum atomic E-state index is -0.780. The summed E-state index contributed by atoms with van der Waals surface area (Å²) in [7, 11) is 0. The summed E-state index contributed by atoms with van der Waals surface area (Å²) in [6.07, 6.45) is 0. The van der Waals surface area contributed by atoms with E-state index in [0.717, 1.165) is 18.2 Å². The van der Waals surface area contributed by atoms with Crippen LogP contribution >= 0.6 is 22.6 Å². The van der Waals surface area contributed by atoms with Crippen LogP contribution in [-0.2, 0) is 0 Å². The number of halogens is 3. The van der Waals surface area contributed by atoms with Crippen molar-refractivity contribution in [3.63, 3.8) is 0 Å². The molecule has 98 valence electrons. The molecule has 0 atom stereocenters. The standard InChI is InChI=1S/C13H8F2INO2/c14-7-1-4-12(18)9(5-7)13(19)17-11-3-2-8(16)6-10(11)15/h1-6,18H,(H,17,19). The molecular weight excluding hydrogens is 367 g/mol. The van der Waals surface area contributed by atoms with Gasteiger partial charge in [0.1, 0.15) is 17.4 Å². The van der Waals surface area contributed by atoms with Crippen LogP contribution in [0.25, 0.3) is 0 Å². The van der Waals surface area contributed by atoms with Crippen LogP contribution in [0.1, 0.15) is 10.4 Å². The highest BCUT2D eigenvalue weighted by Gasteiger charge is 2.14. The number of phenolic OH excluding ortho intramolecular Hbond substituents is 1. The van der Waals surface area contributed by atoms with Crippen LogP contribution in [0.5, 0.6) is 5.75 Å². The molecule has 2 aromatic carbocycles. The summed E-state index contributed by atoms with van der Waals surface area (Å²) in [4.78, 5) is 11.8. The Morgan fingerprint density at radius 2 is 1.89 bits per heavy atom. The summed E-state index contributed by atoms with van der Waals surface area (Å²) in [5, 5.41) is 11.8. The van der Waals surface area contributed by atoms with Gasteiger partial charge >= 0.3 is 0 Å². The van der Waals surface area contributed by atoms with Gasteiger partial charge < -0.3 is 10.4 Å². The molecular formula is C13H8F2INO2. The number of nitrogens with one attached hydrogen (secondary N) is 1. The van der Waals surface area contributed by atoms with Crippen molar-refractivity contribution in [2.24, 2.45) is 0 Å². The fraction of sp³-hybridized carbons (Fsp3) is 0. The van der Waals surface area contributed by atoms with E-state index in [0.29, 0.717) is 3.57 Å². The number of amides is 1. The topological polar surface area (TPSA) is 49.3 Å². The molecule has 0 fully saturated rings. The number of hydrogen-bond donors (Lipinski definition) is 2. The Morgan fingerprint density at radius 1 is 1.16 bits per heavy atom. The second-order valence-corrected chi connectivity index (χ2v) is 4.99. The average molecular weight is 375 g/mol. The Labute approximate surface area is 121 Å². The van der Waals surface area contributed by atoms with Gasteiger partial charge in [0.2, 0.25) is 0 Å². The summed E-state index contributed by atoms with van der Waals surface area (Å²) >= 11 is 1.93. The van der Waals surface area contributed by atoms with Gasteiger partial charge in [-0.05, 0) is 59.0 Å². The zero-order valence-corrected chi connectivity index (χ0v) is 11.6. The molecule has 0 saturated heterocycles. The molecule has 0 bridgehead atoms. The van der Waals surface area contributed by atoms with Gasteiger partial charge in [0.25, 0.3) is 5.91 Å². The van der Waals surface area contributed by atoms with Gasteiger partial charge in [-0.1, -0.05) is 0 Å². The van der Waals surface area contributed by atoms with Crippen LogP contribution in [0.3, 0.4) is 0 Å². The molecule has 0 saturated carbocycles. The summed E-state index contributed by atoms with van der Waals surface area (Å²) in [6.45, 7) is 0. The van der Waals surface area contributed by atoms with Crippen molar-refractivity contribution >= 4 is 34.2 Å². The predicted octanol–water partition coefficient (Wildman–Crippen LogP) is 3.53. The van der Waals surface area contributed by atoms with Gasteiger partial charge in [0.05, 0.1) is 11.3 Å². The fourth-order valence-electron chi connectivity index (χ4n) is 1.47. The van der Waals surface area contributed by atoms with E-state index in [1.54, 1.807) is 6.07 Å². The van der Waals surface area contributed by atoms with Crippen molar-refractivity contribution in [1.29, 1.82) is 0 Å². The third kappa shape index (κ3) is 3.19. The average Bonchev–Trinajstić information content (AvgIpc) is 2.35. The first-order valence-corrected chi connectivity index (χ1v) is 6.30. The Hall–Kier alpha value is -1.70. The second-order valence-electron chi connectivity index (χ2n) is 3.74. The van der Waals surface area contributed by atoms with Gasteiger partial charge in [0.15, 0.2) is 0 Å². The summed E-state index contributed by atoms with van der Waals surface area (Å²) < 4.78 is 27.2. The molecule has 1 amide bonds. The maximum Gasteiger partial charge on any atom is 0.259 e. The molecule has 2 aromatic rings. The quantitative estimate of drug-likeness (QED) is 0.790. The molecule has 0 radical (unpaired) electrons. The molecule has 2 N–H and O–H groups in total. The van der Waals surface area contributed by atoms with Gasteiger partial charge in [-0.15, -0.1) is 0 Å². The fourth-order valence-corrected chi connectivity index (χ4v) is 1.92. The third-order valence-corrected chi connectivity index (χ3v) is 3.05. The monoisotopic (exact) mass is 375 g/mol. The first-order valence-electron chi connectivity index (χ1n) is 5.22. The molecule has 6 heteroatoms. The zero-order chi connectivity index (χ0) is 14.0. The number of carbonyl (C=O) groups is 1. The van der Waals surface area contributed by atoms with Crippen molar-refractivity contribution in [1.82, 2.24) is 0 Å².